The minimum absolute atomic E-state index is 0.104. The number of nitrogens with zero attached hydrogens (tertiary/aromatic N) is 2. The Morgan fingerprint density at radius 3 is 2.35 bits per heavy atom. The van der Waals surface area contributed by atoms with Gasteiger partial charge >= 0.3 is 0 Å². The summed E-state index contributed by atoms with van der Waals surface area (Å²) in [5, 5.41) is 5.61. The minimum Gasteiger partial charge on any atom is -0.494 e. The average Bonchev–Trinajstić information content (AvgIpc) is 3.23. The zero-order valence-electron chi connectivity index (χ0n) is 19.4. The Hall–Kier alpha value is -2.84. The van der Waals surface area contributed by atoms with Crippen molar-refractivity contribution in [2.45, 2.75) is 25.2 Å². The van der Waals surface area contributed by atoms with Gasteiger partial charge < -0.3 is 15.0 Å². The predicted molar refractivity (Wildman–Crippen MR) is 135 cm³/mol. The fourth-order valence-electron chi connectivity index (χ4n) is 4.28. The molecule has 0 saturated carbocycles. The van der Waals surface area contributed by atoms with E-state index in [0.717, 1.165) is 53.3 Å². The van der Waals surface area contributed by atoms with Crippen molar-refractivity contribution in [1.82, 2.24) is 9.29 Å². The Bertz CT molecular complexity index is 1290. The van der Waals surface area contributed by atoms with Crippen LogP contribution in [0, 0.1) is 5.82 Å². The second-order valence-electron chi connectivity index (χ2n) is 7.67. The molecule has 1 aliphatic rings. The van der Waals surface area contributed by atoms with Gasteiger partial charge in [0, 0.05) is 59.0 Å². The smallest absolute Gasteiger partial charge is 0.265 e. The van der Waals surface area contributed by atoms with Crippen LogP contribution in [-0.2, 0) is 0 Å². The maximum absolute atomic E-state index is 14.0. The lowest BCUT2D eigenvalue weighted by molar-refractivity contribution is 0.153. The van der Waals surface area contributed by atoms with E-state index in [0.29, 0.717) is 10.9 Å². The molecule has 1 N–H and O–H groups in total. The molecule has 1 saturated heterocycles. The van der Waals surface area contributed by atoms with Crippen molar-refractivity contribution in [3.63, 3.8) is 0 Å². The molecule has 180 valence electrons. The van der Waals surface area contributed by atoms with Crippen LogP contribution in [0.5, 0.6) is 5.75 Å². The van der Waals surface area contributed by atoms with E-state index < -0.39 is 12.2 Å². The largest absolute Gasteiger partial charge is 0.494 e. The first-order chi connectivity index (χ1) is 16.6. The lowest BCUT2D eigenvalue weighted by Crippen LogP contribution is -2.43. The maximum atomic E-state index is 14.0. The van der Waals surface area contributed by atoms with Gasteiger partial charge in [-0.15, -0.1) is 0 Å². The van der Waals surface area contributed by atoms with Crippen LogP contribution in [0.4, 0.5) is 18.9 Å². The molecule has 34 heavy (non-hydrogen) atoms. The number of hydrogen-bond acceptors (Lipinski definition) is 4. The van der Waals surface area contributed by atoms with Gasteiger partial charge in [-0.3, -0.25) is 3.97 Å². The molecule has 2 heterocycles. The van der Waals surface area contributed by atoms with Crippen LogP contribution < -0.4 is 15.0 Å². The summed E-state index contributed by atoms with van der Waals surface area (Å²) in [5.74, 6) is 0.336. The highest BCUT2D eigenvalue weighted by atomic mass is 32.2. The van der Waals surface area contributed by atoms with Crippen LogP contribution in [0.1, 0.15) is 25.8 Å². The number of aromatic nitrogens is 1. The summed E-state index contributed by atoms with van der Waals surface area (Å²) < 4.78 is 48.8. The van der Waals surface area contributed by atoms with Gasteiger partial charge in [-0.05, 0) is 36.2 Å². The molecule has 8 heteroatoms. The number of rotatable bonds is 5. The van der Waals surface area contributed by atoms with E-state index in [4.69, 9.17) is 4.74 Å². The summed E-state index contributed by atoms with van der Waals surface area (Å²) in [6.07, 6.45) is -1.24. The lowest BCUT2D eigenvalue weighted by Gasteiger charge is -2.31. The van der Waals surface area contributed by atoms with Crippen LogP contribution in [0.15, 0.2) is 59.6 Å². The fourth-order valence-corrected chi connectivity index (χ4v) is 5.35. The highest BCUT2D eigenvalue weighted by molar-refractivity contribution is 7.98. The Kier molecular flexibility index (Phi) is 7.58. The molecule has 0 unspecified atom stereocenters. The molecule has 0 aliphatic carbocycles. The highest BCUT2D eigenvalue weighted by Crippen LogP contribution is 2.44. The van der Waals surface area contributed by atoms with Gasteiger partial charge in [0.15, 0.2) is 0 Å². The van der Waals surface area contributed by atoms with Gasteiger partial charge in [0.05, 0.1) is 18.3 Å². The predicted octanol–water partition coefficient (Wildman–Crippen LogP) is 6.87. The molecule has 1 fully saturated rings. The number of ether oxygens (including phenoxy) is 1. The molecule has 0 spiro atoms. The minimum atomic E-state index is -2.64. The Balaban J connectivity index is 0.00000133. The van der Waals surface area contributed by atoms with E-state index in [-0.39, 0.29) is 5.56 Å². The summed E-state index contributed by atoms with van der Waals surface area (Å²) >= 11 is 1.31. The number of nitrogens with one attached hydrogen (secondary N) is 1. The van der Waals surface area contributed by atoms with Crippen LogP contribution in [0.25, 0.3) is 21.7 Å². The van der Waals surface area contributed by atoms with Gasteiger partial charge in [0.1, 0.15) is 11.6 Å². The Labute approximate surface area is 201 Å². The van der Waals surface area contributed by atoms with Gasteiger partial charge in [-0.2, -0.15) is 0 Å². The number of methoxy groups -OCH3 is 1. The standard InChI is InChI=1S/C24H22F3N3OS.C2H6/c1-31-23-18-5-3-2-4-17(18)22(13-21(23)29-10-8-28-9-11-29)32-30-14-19(24(26)27)16-7-6-15(25)12-20(16)30;1-2/h2-7,12-14,24,28H,8-11H2,1H3;1-2H3. The molecule has 1 aliphatic heterocycles. The molecule has 0 bridgehead atoms. The molecule has 1 aromatic heterocycles. The molecular weight excluding hydrogens is 459 g/mol. The lowest BCUT2D eigenvalue weighted by atomic mass is 10.1. The number of piperazine rings is 1. The van der Waals surface area contributed by atoms with Crippen molar-refractivity contribution >= 4 is 39.3 Å². The van der Waals surface area contributed by atoms with E-state index in [9.17, 15) is 13.2 Å². The Morgan fingerprint density at radius 2 is 1.68 bits per heavy atom. The fraction of sp³-hybridized carbons (Fsp3) is 0.308. The molecule has 5 rings (SSSR count). The SMILES string of the molecule is CC.COc1c(N2CCNCC2)cc(Sn2cc(C(F)F)c3ccc(F)cc32)c2ccccc12. The quantitative estimate of drug-likeness (QED) is 0.333. The topological polar surface area (TPSA) is 29.4 Å². The maximum Gasteiger partial charge on any atom is 0.265 e. The van der Waals surface area contributed by atoms with Crippen LogP contribution >= 0.6 is 11.9 Å². The summed E-state index contributed by atoms with van der Waals surface area (Å²) in [5.41, 5.74) is 1.29. The number of benzene rings is 3. The average molecular weight is 488 g/mol. The van der Waals surface area contributed by atoms with E-state index in [2.05, 4.69) is 10.2 Å². The monoisotopic (exact) mass is 487 g/mol. The van der Waals surface area contributed by atoms with Gasteiger partial charge in [-0.25, -0.2) is 13.2 Å². The zero-order valence-corrected chi connectivity index (χ0v) is 20.3. The van der Waals surface area contributed by atoms with Crippen LogP contribution in [-0.4, -0.2) is 37.3 Å². The van der Waals surface area contributed by atoms with E-state index in [1.807, 2.05) is 44.2 Å². The first-order valence-electron chi connectivity index (χ1n) is 11.4. The van der Waals surface area contributed by atoms with Crippen molar-refractivity contribution in [2.75, 3.05) is 38.2 Å². The van der Waals surface area contributed by atoms with Gasteiger partial charge in [0.2, 0.25) is 0 Å². The molecule has 0 amide bonds. The normalized spacial score (nSPS) is 13.9. The van der Waals surface area contributed by atoms with Crippen LogP contribution in [0.2, 0.25) is 0 Å². The Morgan fingerprint density at radius 1 is 0.971 bits per heavy atom. The molecule has 3 aromatic carbocycles. The second kappa shape index (κ2) is 10.6. The number of fused-ring (bicyclic) bond motifs is 2. The van der Waals surface area contributed by atoms with E-state index in [1.54, 1.807) is 11.1 Å². The van der Waals surface area contributed by atoms with Gasteiger partial charge in [0.25, 0.3) is 6.43 Å². The molecule has 0 radical (unpaired) electrons. The second-order valence-corrected chi connectivity index (χ2v) is 8.69. The van der Waals surface area contributed by atoms with E-state index in [1.165, 1.54) is 36.3 Å². The number of halogens is 3. The summed E-state index contributed by atoms with van der Waals surface area (Å²) in [6, 6.07) is 13.9. The third-order valence-electron chi connectivity index (χ3n) is 5.80. The molecule has 0 atom stereocenters. The van der Waals surface area contributed by atoms with Crippen molar-refractivity contribution in [1.29, 1.82) is 0 Å². The first kappa shape index (κ1) is 24.3. The van der Waals surface area contributed by atoms with Crippen molar-refractivity contribution in [3.8, 4) is 5.75 Å². The summed E-state index contributed by atoms with van der Waals surface area (Å²) in [6.45, 7) is 7.42. The van der Waals surface area contributed by atoms with Gasteiger partial charge in [-0.1, -0.05) is 38.1 Å². The number of alkyl halides is 2. The van der Waals surface area contributed by atoms with E-state index >= 15 is 0 Å². The summed E-state index contributed by atoms with van der Waals surface area (Å²) in [4.78, 5) is 3.15. The zero-order chi connectivity index (χ0) is 24.2. The first-order valence-corrected chi connectivity index (χ1v) is 12.2. The molecule has 4 nitrogen and oxygen atoms in total. The van der Waals surface area contributed by atoms with Crippen molar-refractivity contribution in [3.05, 3.63) is 66.1 Å². The number of anilines is 1. The number of hydrogen-bond donors (Lipinski definition) is 1. The highest BCUT2D eigenvalue weighted by Gasteiger charge is 2.22. The summed E-state index contributed by atoms with van der Waals surface area (Å²) in [7, 11) is 1.66. The molecular formula is C26H28F3N3OS. The van der Waals surface area contributed by atoms with Crippen LogP contribution in [0.3, 0.4) is 0 Å². The van der Waals surface area contributed by atoms with Crippen molar-refractivity contribution in [2.24, 2.45) is 0 Å². The molecule has 4 aromatic rings. The van der Waals surface area contributed by atoms with Crippen molar-refractivity contribution < 1.29 is 17.9 Å². The third-order valence-corrected chi connectivity index (χ3v) is 6.83. The third kappa shape index (κ3) is 4.57.